The third kappa shape index (κ3) is 5.47. The van der Waals surface area contributed by atoms with Crippen LogP contribution in [0.4, 0.5) is 0 Å². The fraction of sp³-hybridized carbons (Fsp3) is 0.400. The maximum Gasteiger partial charge on any atom is 0.241 e. The molecule has 0 heterocycles. The van der Waals surface area contributed by atoms with Gasteiger partial charge in [0.05, 0.1) is 18.6 Å². The molecule has 0 fully saturated rings. The smallest absolute Gasteiger partial charge is 0.241 e. The molecule has 2 rings (SSSR count). The average molecular weight is 378 g/mol. The standard InChI is InChI=1S/C20H27NO4S/c1-5-25-18-10-12-19(13-11-18)26(22,23)21-20(14-15(2)3)16-6-8-17(24-4)9-7-16/h6-13,15,20-21H,5,14H2,1-4H3. The lowest BCUT2D eigenvalue weighted by Crippen LogP contribution is -2.29. The van der Waals surface area contributed by atoms with Crippen LogP contribution in [0, 0.1) is 5.92 Å². The maximum atomic E-state index is 12.8. The zero-order valence-corrected chi connectivity index (χ0v) is 16.5. The molecule has 0 radical (unpaired) electrons. The molecule has 2 aromatic carbocycles. The number of benzene rings is 2. The molecule has 0 amide bonds. The first-order chi connectivity index (χ1) is 12.4. The summed E-state index contributed by atoms with van der Waals surface area (Å²) >= 11 is 0. The molecule has 0 saturated heterocycles. The number of ether oxygens (including phenoxy) is 2. The van der Waals surface area contributed by atoms with Crippen molar-refractivity contribution in [3.63, 3.8) is 0 Å². The van der Waals surface area contributed by atoms with Crippen molar-refractivity contribution in [2.75, 3.05) is 13.7 Å². The zero-order valence-electron chi connectivity index (χ0n) is 15.7. The number of hydrogen-bond acceptors (Lipinski definition) is 4. The van der Waals surface area contributed by atoms with Crippen molar-refractivity contribution in [1.82, 2.24) is 4.72 Å². The molecule has 1 atom stereocenters. The Labute approximate surface area is 156 Å². The molecule has 0 aliphatic carbocycles. The van der Waals surface area contributed by atoms with Gasteiger partial charge in [-0.05, 0) is 61.2 Å². The van der Waals surface area contributed by atoms with Crippen molar-refractivity contribution in [3.05, 3.63) is 54.1 Å². The maximum absolute atomic E-state index is 12.8. The van der Waals surface area contributed by atoms with Crippen LogP contribution in [0.5, 0.6) is 11.5 Å². The molecule has 1 unspecified atom stereocenters. The highest BCUT2D eigenvalue weighted by molar-refractivity contribution is 7.89. The van der Waals surface area contributed by atoms with Crippen LogP contribution in [-0.4, -0.2) is 22.1 Å². The minimum absolute atomic E-state index is 0.225. The molecule has 26 heavy (non-hydrogen) atoms. The van der Waals surface area contributed by atoms with Gasteiger partial charge in [-0.15, -0.1) is 0 Å². The van der Waals surface area contributed by atoms with Crippen LogP contribution in [0.1, 0.15) is 38.8 Å². The van der Waals surface area contributed by atoms with E-state index in [2.05, 4.69) is 18.6 Å². The van der Waals surface area contributed by atoms with Crippen LogP contribution in [0.25, 0.3) is 0 Å². The minimum Gasteiger partial charge on any atom is -0.497 e. The highest BCUT2D eigenvalue weighted by atomic mass is 32.2. The van der Waals surface area contributed by atoms with Gasteiger partial charge in [0.1, 0.15) is 11.5 Å². The molecule has 142 valence electrons. The molecule has 0 saturated carbocycles. The Morgan fingerprint density at radius 3 is 2.04 bits per heavy atom. The zero-order chi connectivity index (χ0) is 19.2. The third-order valence-corrected chi connectivity index (χ3v) is 5.46. The average Bonchev–Trinajstić information content (AvgIpc) is 2.61. The number of nitrogens with one attached hydrogen (secondary N) is 1. The molecule has 6 heteroatoms. The lowest BCUT2D eigenvalue weighted by atomic mass is 9.98. The Kier molecular flexibility index (Phi) is 7.06. The first kappa shape index (κ1) is 20.3. The number of rotatable bonds is 9. The second-order valence-electron chi connectivity index (χ2n) is 6.48. The van der Waals surface area contributed by atoms with Crippen LogP contribution in [0.15, 0.2) is 53.4 Å². The quantitative estimate of drug-likeness (QED) is 0.713. The van der Waals surface area contributed by atoms with Gasteiger partial charge in [-0.2, -0.15) is 0 Å². The number of methoxy groups -OCH3 is 1. The summed E-state index contributed by atoms with van der Waals surface area (Å²) in [7, 11) is -2.03. The Balaban J connectivity index is 2.24. The lowest BCUT2D eigenvalue weighted by Gasteiger charge is -2.21. The normalized spacial score (nSPS) is 12.8. The third-order valence-electron chi connectivity index (χ3n) is 3.97. The molecule has 0 aliphatic rings. The Morgan fingerprint density at radius 1 is 0.962 bits per heavy atom. The van der Waals surface area contributed by atoms with Crippen LogP contribution in [-0.2, 0) is 10.0 Å². The topological polar surface area (TPSA) is 64.6 Å². The molecular weight excluding hydrogens is 350 g/mol. The Bertz CT molecular complexity index is 784. The van der Waals surface area contributed by atoms with E-state index in [1.165, 1.54) is 0 Å². The predicted molar refractivity (Wildman–Crippen MR) is 103 cm³/mol. The summed E-state index contributed by atoms with van der Waals surface area (Å²) in [5.41, 5.74) is 0.911. The fourth-order valence-electron chi connectivity index (χ4n) is 2.70. The van der Waals surface area contributed by atoms with Gasteiger partial charge in [-0.1, -0.05) is 26.0 Å². The van der Waals surface area contributed by atoms with E-state index in [-0.39, 0.29) is 10.9 Å². The minimum atomic E-state index is -3.64. The highest BCUT2D eigenvalue weighted by Crippen LogP contribution is 2.26. The molecule has 1 N–H and O–H groups in total. The van der Waals surface area contributed by atoms with Crippen molar-refractivity contribution in [1.29, 1.82) is 0 Å². The Hall–Kier alpha value is -2.05. The molecule has 0 aliphatic heterocycles. The summed E-state index contributed by atoms with van der Waals surface area (Å²) in [6, 6.07) is 13.6. The highest BCUT2D eigenvalue weighted by Gasteiger charge is 2.22. The summed E-state index contributed by atoms with van der Waals surface area (Å²) in [6.45, 7) is 6.57. The van der Waals surface area contributed by atoms with Gasteiger partial charge in [-0.25, -0.2) is 13.1 Å². The van der Waals surface area contributed by atoms with Gasteiger partial charge in [0, 0.05) is 6.04 Å². The molecule has 0 spiro atoms. The van der Waals surface area contributed by atoms with Crippen molar-refractivity contribution < 1.29 is 17.9 Å². The van der Waals surface area contributed by atoms with Crippen LogP contribution in [0.2, 0.25) is 0 Å². The van der Waals surface area contributed by atoms with E-state index in [0.717, 1.165) is 11.3 Å². The van der Waals surface area contributed by atoms with Gasteiger partial charge < -0.3 is 9.47 Å². The van der Waals surface area contributed by atoms with Gasteiger partial charge in [-0.3, -0.25) is 0 Å². The molecule has 5 nitrogen and oxygen atoms in total. The summed E-state index contributed by atoms with van der Waals surface area (Å²) in [6.07, 6.45) is 0.697. The predicted octanol–water partition coefficient (Wildman–Crippen LogP) is 4.16. The van der Waals surface area contributed by atoms with E-state index in [0.29, 0.717) is 24.7 Å². The van der Waals surface area contributed by atoms with Gasteiger partial charge in [0.25, 0.3) is 0 Å². The molecular formula is C20H27NO4S. The second kappa shape index (κ2) is 9.05. The first-order valence-corrected chi connectivity index (χ1v) is 10.2. The summed E-state index contributed by atoms with van der Waals surface area (Å²) in [5, 5.41) is 0. The molecule has 0 bridgehead atoms. The van der Waals surface area contributed by atoms with Gasteiger partial charge in [0.15, 0.2) is 0 Å². The SMILES string of the molecule is CCOc1ccc(S(=O)(=O)NC(CC(C)C)c2ccc(OC)cc2)cc1. The lowest BCUT2D eigenvalue weighted by molar-refractivity contribution is 0.340. The van der Waals surface area contributed by atoms with E-state index >= 15 is 0 Å². The first-order valence-electron chi connectivity index (χ1n) is 8.75. The van der Waals surface area contributed by atoms with E-state index in [1.54, 1.807) is 31.4 Å². The van der Waals surface area contributed by atoms with E-state index in [4.69, 9.17) is 9.47 Å². The van der Waals surface area contributed by atoms with E-state index in [9.17, 15) is 8.42 Å². The monoisotopic (exact) mass is 377 g/mol. The summed E-state index contributed by atoms with van der Waals surface area (Å²) in [4.78, 5) is 0.225. The molecule has 0 aromatic heterocycles. The van der Waals surface area contributed by atoms with Crippen molar-refractivity contribution >= 4 is 10.0 Å². The molecule has 2 aromatic rings. The number of sulfonamides is 1. The van der Waals surface area contributed by atoms with Gasteiger partial charge in [0.2, 0.25) is 10.0 Å². The van der Waals surface area contributed by atoms with Crippen molar-refractivity contribution in [3.8, 4) is 11.5 Å². The van der Waals surface area contributed by atoms with Crippen LogP contribution in [0.3, 0.4) is 0 Å². The van der Waals surface area contributed by atoms with E-state index < -0.39 is 10.0 Å². The largest absolute Gasteiger partial charge is 0.497 e. The van der Waals surface area contributed by atoms with Gasteiger partial charge >= 0.3 is 0 Å². The Morgan fingerprint density at radius 2 is 1.54 bits per heavy atom. The van der Waals surface area contributed by atoms with Crippen molar-refractivity contribution in [2.24, 2.45) is 5.92 Å². The fourth-order valence-corrected chi connectivity index (χ4v) is 3.93. The van der Waals surface area contributed by atoms with Crippen molar-refractivity contribution in [2.45, 2.75) is 38.1 Å². The summed E-state index contributed by atoms with van der Waals surface area (Å²) < 4.78 is 39.0. The second-order valence-corrected chi connectivity index (χ2v) is 8.19. The van der Waals surface area contributed by atoms with Crippen LogP contribution >= 0.6 is 0 Å². The van der Waals surface area contributed by atoms with Crippen LogP contribution < -0.4 is 14.2 Å². The number of hydrogen-bond donors (Lipinski definition) is 1. The summed E-state index contributed by atoms with van der Waals surface area (Å²) in [5.74, 6) is 1.73. The van der Waals surface area contributed by atoms with E-state index in [1.807, 2.05) is 31.2 Å².